The second-order valence-corrected chi connectivity index (χ2v) is 7.84. The number of primary amides is 1. The number of benzene rings is 1. The summed E-state index contributed by atoms with van der Waals surface area (Å²) in [5, 5.41) is 16.6. The van der Waals surface area contributed by atoms with Gasteiger partial charge >= 0.3 is 5.97 Å². The summed E-state index contributed by atoms with van der Waals surface area (Å²) in [5.74, 6) is -3.97. The first-order valence-electron chi connectivity index (χ1n) is 10.7. The van der Waals surface area contributed by atoms with Gasteiger partial charge in [-0.1, -0.05) is 50.6 Å². The third-order valence-corrected chi connectivity index (χ3v) is 5.21. The lowest BCUT2D eigenvalue weighted by Gasteiger charge is -2.22. The van der Waals surface area contributed by atoms with E-state index in [9.17, 15) is 29.1 Å². The second kappa shape index (κ2) is 13.8. The fraction of sp³-hybridized carbons (Fsp3) is 0.500. The molecule has 0 aliphatic rings. The molecule has 0 saturated heterocycles. The summed E-state index contributed by atoms with van der Waals surface area (Å²) in [4.78, 5) is 59.8. The first-order chi connectivity index (χ1) is 15.5. The number of hydrogen-bond donors (Lipinski definition) is 6. The van der Waals surface area contributed by atoms with E-state index in [4.69, 9.17) is 11.5 Å². The smallest absolute Gasteiger partial charge is 0.326 e. The van der Waals surface area contributed by atoms with E-state index in [2.05, 4.69) is 16.0 Å². The maximum absolute atomic E-state index is 12.8. The maximum atomic E-state index is 12.8. The van der Waals surface area contributed by atoms with Crippen molar-refractivity contribution >= 4 is 29.6 Å². The molecule has 1 rings (SSSR count). The van der Waals surface area contributed by atoms with Gasteiger partial charge in [0.1, 0.15) is 12.1 Å². The minimum absolute atomic E-state index is 0.0713. The Morgan fingerprint density at radius 1 is 1.00 bits per heavy atom. The molecule has 0 bridgehead atoms. The fourth-order valence-corrected chi connectivity index (χ4v) is 2.92. The zero-order valence-corrected chi connectivity index (χ0v) is 18.9. The Labute approximate surface area is 192 Å². The molecule has 182 valence electrons. The molecule has 11 heteroatoms. The van der Waals surface area contributed by atoms with Crippen molar-refractivity contribution in [2.24, 2.45) is 17.4 Å². The van der Waals surface area contributed by atoms with E-state index in [0.717, 1.165) is 5.56 Å². The minimum atomic E-state index is -1.35. The number of carboxylic acids is 1. The lowest BCUT2D eigenvalue weighted by Crippen LogP contribution is -2.54. The lowest BCUT2D eigenvalue weighted by molar-refractivity contribution is -0.142. The van der Waals surface area contributed by atoms with Gasteiger partial charge in [-0.15, -0.1) is 0 Å². The van der Waals surface area contributed by atoms with Crippen LogP contribution in [0.3, 0.4) is 0 Å². The van der Waals surface area contributed by atoms with E-state index in [1.54, 1.807) is 30.3 Å². The quantitative estimate of drug-likeness (QED) is 0.204. The molecule has 4 atom stereocenters. The third kappa shape index (κ3) is 10.1. The molecule has 0 aliphatic carbocycles. The number of carbonyl (C=O) groups excluding carboxylic acids is 4. The molecule has 33 heavy (non-hydrogen) atoms. The SMILES string of the molecule is CCC(C)C(N)C(=O)NCC(=O)NC(Cc1ccccc1)C(=O)NC(CCC(N)=O)C(=O)O. The zero-order valence-electron chi connectivity index (χ0n) is 18.9. The summed E-state index contributed by atoms with van der Waals surface area (Å²) < 4.78 is 0. The van der Waals surface area contributed by atoms with Gasteiger partial charge in [0.2, 0.25) is 23.6 Å². The van der Waals surface area contributed by atoms with Crippen LogP contribution in [0.2, 0.25) is 0 Å². The minimum Gasteiger partial charge on any atom is -0.480 e. The van der Waals surface area contributed by atoms with Crippen LogP contribution < -0.4 is 27.4 Å². The van der Waals surface area contributed by atoms with E-state index in [1.165, 1.54) is 0 Å². The van der Waals surface area contributed by atoms with Gasteiger partial charge in [-0.05, 0) is 17.9 Å². The molecule has 0 spiro atoms. The highest BCUT2D eigenvalue weighted by Gasteiger charge is 2.27. The van der Waals surface area contributed by atoms with Gasteiger partial charge in [-0.25, -0.2) is 4.79 Å². The van der Waals surface area contributed by atoms with Crippen molar-refractivity contribution < 1.29 is 29.1 Å². The number of nitrogens with one attached hydrogen (secondary N) is 3. The molecule has 0 saturated carbocycles. The van der Waals surface area contributed by atoms with Crippen LogP contribution in [0.15, 0.2) is 30.3 Å². The van der Waals surface area contributed by atoms with Crippen molar-refractivity contribution in [3.05, 3.63) is 35.9 Å². The Balaban J connectivity index is 2.85. The number of amides is 4. The van der Waals surface area contributed by atoms with Crippen LogP contribution in [0.1, 0.15) is 38.7 Å². The van der Waals surface area contributed by atoms with Gasteiger partial charge in [0.15, 0.2) is 0 Å². The van der Waals surface area contributed by atoms with Crippen LogP contribution in [-0.2, 0) is 30.4 Å². The average molecular weight is 464 g/mol. The van der Waals surface area contributed by atoms with Crippen LogP contribution >= 0.6 is 0 Å². The molecule has 1 aromatic rings. The van der Waals surface area contributed by atoms with Gasteiger partial charge in [-0.3, -0.25) is 19.2 Å². The van der Waals surface area contributed by atoms with Gasteiger partial charge in [0.25, 0.3) is 0 Å². The topological polar surface area (TPSA) is 194 Å². The fourth-order valence-electron chi connectivity index (χ4n) is 2.92. The maximum Gasteiger partial charge on any atom is 0.326 e. The Kier molecular flexibility index (Phi) is 11.6. The second-order valence-electron chi connectivity index (χ2n) is 7.84. The molecule has 0 aromatic heterocycles. The molecular formula is C22H33N5O6. The van der Waals surface area contributed by atoms with E-state index in [0.29, 0.717) is 6.42 Å². The van der Waals surface area contributed by atoms with Crippen molar-refractivity contribution in [1.82, 2.24) is 16.0 Å². The van der Waals surface area contributed by atoms with Gasteiger partial charge in [0, 0.05) is 12.8 Å². The third-order valence-electron chi connectivity index (χ3n) is 5.21. The van der Waals surface area contributed by atoms with Crippen LogP contribution in [0.4, 0.5) is 0 Å². The highest BCUT2D eigenvalue weighted by atomic mass is 16.4. The van der Waals surface area contributed by atoms with E-state index >= 15 is 0 Å². The molecular weight excluding hydrogens is 430 g/mol. The molecule has 4 unspecified atom stereocenters. The number of aliphatic carboxylic acids is 1. The molecule has 0 heterocycles. The normalized spacial score (nSPS) is 14.3. The molecule has 0 fully saturated rings. The Morgan fingerprint density at radius 2 is 1.64 bits per heavy atom. The highest BCUT2D eigenvalue weighted by molar-refractivity contribution is 5.92. The van der Waals surface area contributed by atoms with Crippen LogP contribution in [0.25, 0.3) is 0 Å². The van der Waals surface area contributed by atoms with Crippen molar-refractivity contribution in [3.8, 4) is 0 Å². The molecule has 0 aliphatic heterocycles. The van der Waals surface area contributed by atoms with Crippen molar-refractivity contribution in [3.63, 3.8) is 0 Å². The van der Waals surface area contributed by atoms with E-state index in [-0.39, 0.29) is 25.2 Å². The molecule has 1 aromatic carbocycles. The number of hydrogen-bond acceptors (Lipinski definition) is 6. The number of nitrogens with two attached hydrogens (primary N) is 2. The van der Waals surface area contributed by atoms with Gasteiger partial charge in [-0.2, -0.15) is 0 Å². The number of carboxylic acid groups (broad SMARTS) is 1. The van der Waals surface area contributed by atoms with Gasteiger partial charge < -0.3 is 32.5 Å². The standard InChI is InChI=1S/C22H33N5O6/c1-3-13(2)19(24)21(31)25-12-18(29)26-16(11-14-7-5-4-6-8-14)20(30)27-15(22(32)33)9-10-17(23)28/h4-8,13,15-16,19H,3,9-12,24H2,1-2H3,(H2,23,28)(H,25,31)(H,26,29)(H,27,30)(H,32,33). The van der Waals surface area contributed by atoms with Crippen molar-refractivity contribution in [1.29, 1.82) is 0 Å². The van der Waals surface area contributed by atoms with Crippen LogP contribution in [0.5, 0.6) is 0 Å². The molecule has 4 amide bonds. The summed E-state index contributed by atoms with van der Waals surface area (Å²) in [6, 6.07) is 5.57. The lowest BCUT2D eigenvalue weighted by atomic mass is 9.99. The first-order valence-corrected chi connectivity index (χ1v) is 10.7. The zero-order chi connectivity index (χ0) is 25.0. The monoisotopic (exact) mass is 463 g/mol. The largest absolute Gasteiger partial charge is 0.480 e. The molecule has 11 nitrogen and oxygen atoms in total. The predicted molar refractivity (Wildman–Crippen MR) is 121 cm³/mol. The predicted octanol–water partition coefficient (Wildman–Crippen LogP) is -0.962. The van der Waals surface area contributed by atoms with Crippen molar-refractivity contribution in [2.45, 2.75) is 57.7 Å². The summed E-state index contributed by atoms with van der Waals surface area (Å²) in [6.45, 7) is 3.32. The molecule has 0 radical (unpaired) electrons. The Bertz CT molecular complexity index is 832. The summed E-state index contributed by atoms with van der Waals surface area (Å²) >= 11 is 0. The number of rotatable bonds is 14. The number of carbonyl (C=O) groups is 5. The van der Waals surface area contributed by atoms with E-state index < -0.39 is 54.3 Å². The van der Waals surface area contributed by atoms with Crippen LogP contribution in [0, 0.1) is 5.92 Å². The van der Waals surface area contributed by atoms with E-state index in [1.807, 2.05) is 13.8 Å². The first kappa shape index (κ1) is 27.6. The summed E-state index contributed by atoms with van der Waals surface area (Å²) in [5.41, 5.74) is 11.6. The summed E-state index contributed by atoms with van der Waals surface area (Å²) in [6.07, 6.45) is 0.364. The van der Waals surface area contributed by atoms with Crippen LogP contribution in [-0.4, -0.2) is 59.4 Å². The molecule has 8 N–H and O–H groups in total. The average Bonchev–Trinajstić information content (AvgIpc) is 2.78. The highest BCUT2D eigenvalue weighted by Crippen LogP contribution is 2.06. The summed E-state index contributed by atoms with van der Waals surface area (Å²) in [7, 11) is 0. The Hall–Kier alpha value is -3.47. The van der Waals surface area contributed by atoms with Crippen molar-refractivity contribution in [2.75, 3.05) is 6.54 Å². The Morgan fingerprint density at radius 3 is 2.18 bits per heavy atom. The van der Waals surface area contributed by atoms with Gasteiger partial charge in [0.05, 0.1) is 12.6 Å².